The zero-order chi connectivity index (χ0) is 8.10. The van der Waals surface area contributed by atoms with Crippen molar-refractivity contribution in [1.82, 2.24) is 10.6 Å². The summed E-state index contributed by atoms with van der Waals surface area (Å²) >= 11 is 0. The molecule has 3 N–H and O–H groups in total. The second-order valence-electron chi connectivity index (χ2n) is 2.66. The lowest BCUT2D eigenvalue weighted by molar-refractivity contribution is -0.122. The van der Waals surface area contributed by atoms with Crippen LogP contribution < -0.4 is 10.6 Å². The molecule has 1 fully saturated rings. The van der Waals surface area contributed by atoms with E-state index in [4.69, 9.17) is 5.11 Å². The molecule has 1 aliphatic heterocycles. The molecule has 0 radical (unpaired) electrons. The second kappa shape index (κ2) is 4.31. The largest absolute Gasteiger partial charge is 0.395 e. The average molecular weight is 158 g/mol. The minimum atomic E-state index is -0.0263. The van der Waals surface area contributed by atoms with Gasteiger partial charge < -0.3 is 15.7 Å². The van der Waals surface area contributed by atoms with Gasteiger partial charge >= 0.3 is 0 Å². The molecule has 0 bridgehead atoms. The Balaban J connectivity index is 2.17. The predicted molar refractivity (Wildman–Crippen MR) is 41.1 cm³/mol. The maximum absolute atomic E-state index is 11.1. The van der Waals surface area contributed by atoms with Crippen LogP contribution in [0.1, 0.15) is 12.8 Å². The molecule has 1 saturated heterocycles. The van der Waals surface area contributed by atoms with Gasteiger partial charge in [0.1, 0.15) is 0 Å². The highest BCUT2D eigenvalue weighted by Gasteiger charge is 2.20. The van der Waals surface area contributed by atoms with Crippen molar-refractivity contribution < 1.29 is 9.90 Å². The van der Waals surface area contributed by atoms with Crippen LogP contribution in [0.25, 0.3) is 0 Å². The van der Waals surface area contributed by atoms with E-state index in [0.717, 1.165) is 19.4 Å². The van der Waals surface area contributed by atoms with Crippen molar-refractivity contribution in [3.63, 3.8) is 0 Å². The third-order valence-corrected chi connectivity index (χ3v) is 1.79. The third-order valence-electron chi connectivity index (χ3n) is 1.79. The van der Waals surface area contributed by atoms with Gasteiger partial charge in [0.15, 0.2) is 0 Å². The van der Waals surface area contributed by atoms with Crippen LogP contribution in [0.3, 0.4) is 0 Å². The molecule has 4 nitrogen and oxygen atoms in total. The van der Waals surface area contributed by atoms with Crippen molar-refractivity contribution in [3.05, 3.63) is 0 Å². The number of nitrogens with one attached hydrogen (secondary N) is 2. The monoisotopic (exact) mass is 158 g/mol. The summed E-state index contributed by atoms with van der Waals surface area (Å²) in [6.45, 7) is 1.30. The number of rotatable bonds is 3. The number of aliphatic hydroxyl groups is 1. The van der Waals surface area contributed by atoms with Crippen LogP contribution in [0, 0.1) is 0 Å². The van der Waals surface area contributed by atoms with Gasteiger partial charge in [0.05, 0.1) is 12.6 Å². The molecule has 0 aromatic rings. The number of carbonyl (C=O) groups excluding carboxylic acids is 1. The minimum absolute atomic E-state index is 0.0107. The lowest BCUT2D eigenvalue weighted by Crippen LogP contribution is -2.41. The molecular weight excluding hydrogens is 144 g/mol. The van der Waals surface area contributed by atoms with Crippen molar-refractivity contribution in [2.75, 3.05) is 19.7 Å². The number of aliphatic hydroxyl groups excluding tert-OH is 1. The molecule has 1 atom stereocenters. The van der Waals surface area contributed by atoms with Crippen LogP contribution in [0.4, 0.5) is 0 Å². The van der Waals surface area contributed by atoms with Crippen molar-refractivity contribution in [2.24, 2.45) is 0 Å². The maximum Gasteiger partial charge on any atom is 0.237 e. The molecule has 1 aliphatic rings. The first-order valence-electron chi connectivity index (χ1n) is 3.96. The third kappa shape index (κ3) is 2.48. The van der Waals surface area contributed by atoms with Crippen molar-refractivity contribution in [1.29, 1.82) is 0 Å². The van der Waals surface area contributed by atoms with Crippen LogP contribution in [0.2, 0.25) is 0 Å². The molecule has 1 amide bonds. The van der Waals surface area contributed by atoms with Gasteiger partial charge in [-0.25, -0.2) is 0 Å². The van der Waals surface area contributed by atoms with Crippen LogP contribution in [-0.4, -0.2) is 36.8 Å². The molecule has 4 heteroatoms. The van der Waals surface area contributed by atoms with Gasteiger partial charge in [0.2, 0.25) is 5.91 Å². The molecule has 0 aromatic carbocycles. The Kier molecular flexibility index (Phi) is 3.32. The molecule has 11 heavy (non-hydrogen) atoms. The van der Waals surface area contributed by atoms with E-state index < -0.39 is 0 Å². The smallest absolute Gasteiger partial charge is 0.237 e. The molecule has 1 rings (SSSR count). The van der Waals surface area contributed by atoms with E-state index in [1.165, 1.54) is 0 Å². The number of amides is 1. The molecule has 0 saturated carbocycles. The normalized spacial score (nSPS) is 23.5. The van der Waals surface area contributed by atoms with E-state index in [9.17, 15) is 4.79 Å². The van der Waals surface area contributed by atoms with Crippen LogP contribution in [0.15, 0.2) is 0 Å². The molecule has 0 unspecified atom stereocenters. The number of hydrogen-bond donors (Lipinski definition) is 3. The van der Waals surface area contributed by atoms with E-state index >= 15 is 0 Å². The van der Waals surface area contributed by atoms with Gasteiger partial charge in [0.25, 0.3) is 0 Å². The topological polar surface area (TPSA) is 61.4 Å². The molecular formula is C7H14N2O2. The molecule has 64 valence electrons. The number of hydrogen-bond acceptors (Lipinski definition) is 3. The van der Waals surface area contributed by atoms with Gasteiger partial charge in [0, 0.05) is 6.54 Å². The SMILES string of the molecule is O=C(NCCO)[C@@H]1CCCN1. The van der Waals surface area contributed by atoms with E-state index in [2.05, 4.69) is 10.6 Å². The summed E-state index contributed by atoms with van der Waals surface area (Å²) < 4.78 is 0. The van der Waals surface area contributed by atoms with Crippen LogP contribution in [0.5, 0.6) is 0 Å². The summed E-state index contributed by atoms with van der Waals surface area (Å²) in [5.74, 6) is 0.0107. The Bertz CT molecular complexity index is 132. The summed E-state index contributed by atoms with van der Waals surface area (Å²) in [5, 5.41) is 14.1. The van der Waals surface area contributed by atoms with Gasteiger partial charge in [-0.15, -0.1) is 0 Å². The van der Waals surface area contributed by atoms with Crippen LogP contribution >= 0.6 is 0 Å². The maximum atomic E-state index is 11.1. The zero-order valence-electron chi connectivity index (χ0n) is 6.47. The first-order valence-corrected chi connectivity index (χ1v) is 3.96. The van der Waals surface area contributed by atoms with Crippen molar-refractivity contribution >= 4 is 5.91 Å². The van der Waals surface area contributed by atoms with Gasteiger partial charge in [-0.05, 0) is 19.4 Å². The van der Waals surface area contributed by atoms with Gasteiger partial charge in [-0.2, -0.15) is 0 Å². The minimum Gasteiger partial charge on any atom is -0.395 e. The fourth-order valence-electron chi connectivity index (χ4n) is 1.21. The Morgan fingerprint density at radius 3 is 3.09 bits per heavy atom. The highest BCUT2D eigenvalue weighted by molar-refractivity contribution is 5.81. The summed E-state index contributed by atoms with van der Waals surface area (Å²) in [4.78, 5) is 11.1. The van der Waals surface area contributed by atoms with Crippen molar-refractivity contribution in [3.8, 4) is 0 Å². The summed E-state index contributed by atoms with van der Waals surface area (Å²) in [5.41, 5.74) is 0. The van der Waals surface area contributed by atoms with Gasteiger partial charge in [-0.1, -0.05) is 0 Å². The fraction of sp³-hybridized carbons (Fsp3) is 0.857. The summed E-state index contributed by atoms with van der Waals surface area (Å²) in [7, 11) is 0. The quantitative estimate of drug-likeness (QED) is 0.486. The van der Waals surface area contributed by atoms with Crippen molar-refractivity contribution in [2.45, 2.75) is 18.9 Å². The Morgan fingerprint density at radius 2 is 2.55 bits per heavy atom. The first kappa shape index (κ1) is 8.49. The van der Waals surface area contributed by atoms with E-state index in [-0.39, 0.29) is 18.6 Å². The highest BCUT2D eigenvalue weighted by atomic mass is 16.3. The molecule has 0 aliphatic carbocycles. The molecule has 0 aromatic heterocycles. The Labute approximate surface area is 66.0 Å². The standard InChI is InChI=1S/C7H14N2O2/c10-5-4-9-7(11)6-2-1-3-8-6/h6,8,10H,1-5H2,(H,9,11)/t6-/m0/s1. The first-order chi connectivity index (χ1) is 5.34. The second-order valence-corrected chi connectivity index (χ2v) is 2.66. The fourth-order valence-corrected chi connectivity index (χ4v) is 1.21. The highest BCUT2D eigenvalue weighted by Crippen LogP contribution is 2.03. The van der Waals surface area contributed by atoms with Crippen LogP contribution in [-0.2, 0) is 4.79 Å². The van der Waals surface area contributed by atoms with E-state index in [1.807, 2.05) is 0 Å². The predicted octanol–water partition coefficient (Wildman–Crippen LogP) is -1.15. The summed E-state index contributed by atoms with van der Waals surface area (Å²) in [6, 6.07) is -0.0263. The Morgan fingerprint density at radius 1 is 1.73 bits per heavy atom. The number of carbonyl (C=O) groups is 1. The van der Waals surface area contributed by atoms with E-state index in [1.54, 1.807) is 0 Å². The molecule has 1 heterocycles. The van der Waals surface area contributed by atoms with Gasteiger partial charge in [-0.3, -0.25) is 4.79 Å². The Hall–Kier alpha value is -0.610. The lowest BCUT2D eigenvalue weighted by atomic mass is 10.2. The van der Waals surface area contributed by atoms with E-state index in [0.29, 0.717) is 6.54 Å². The molecule has 0 spiro atoms. The zero-order valence-corrected chi connectivity index (χ0v) is 6.47. The lowest BCUT2D eigenvalue weighted by Gasteiger charge is -2.09. The average Bonchev–Trinajstić information content (AvgIpc) is 2.52. The summed E-state index contributed by atoms with van der Waals surface area (Å²) in [6.07, 6.45) is 1.98.